The molecule has 0 heterocycles. The van der Waals surface area contributed by atoms with Crippen LogP contribution in [-0.4, -0.2) is 18.7 Å². The second-order valence-corrected chi connectivity index (χ2v) is 6.68. The van der Waals surface area contributed by atoms with Crippen LogP contribution in [0, 0.1) is 5.41 Å². The van der Waals surface area contributed by atoms with Gasteiger partial charge < -0.3 is 10.4 Å². The van der Waals surface area contributed by atoms with Crippen LogP contribution in [0.25, 0.3) is 0 Å². The molecule has 0 saturated heterocycles. The summed E-state index contributed by atoms with van der Waals surface area (Å²) in [5.41, 5.74) is 2.98. The number of likely N-dealkylation sites (N-methyl/N-ethyl adjacent to an activating group) is 1. The second kappa shape index (κ2) is 6.06. The fraction of sp³-hybridized carbons (Fsp3) is 0.647. The van der Waals surface area contributed by atoms with Crippen molar-refractivity contribution >= 4 is 0 Å². The Morgan fingerprint density at radius 2 is 1.79 bits per heavy atom. The number of hydrogen-bond donors (Lipinski definition) is 2. The van der Waals surface area contributed by atoms with Gasteiger partial charge in [0.2, 0.25) is 0 Å². The van der Waals surface area contributed by atoms with Gasteiger partial charge in [-0.3, -0.25) is 0 Å². The number of aliphatic hydroxyl groups excluding tert-OH is 1. The summed E-state index contributed by atoms with van der Waals surface area (Å²) in [6.45, 7) is 5.36. The molecule has 1 unspecified atom stereocenters. The van der Waals surface area contributed by atoms with E-state index < -0.39 is 6.10 Å². The summed E-state index contributed by atoms with van der Waals surface area (Å²) in [6, 6.07) is 8.57. The standard InChI is InChI=1S/C17H27NO/c1-17(2)10-8-14(9-11-17)13-4-6-15(7-5-13)16(19)12-18-3/h4-7,14,16,18-19H,8-12H2,1-3H3. The third kappa shape index (κ3) is 3.80. The average molecular weight is 261 g/mol. The van der Waals surface area contributed by atoms with E-state index >= 15 is 0 Å². The lowest BCUT2D eigenvalue weighted by atomic mass is 9.71. The SMILES string of the molecule is CNCC(O)c1ccc(C2CCC(C)(C)CC2)cc1. The van der Waals surface area contributed by atoms with Crippen LogP contribution in [0.2, 0.25) is 0 Å². The average Bonchev–Trinajstić information content (AvgIpc) is 2.39. The van der Waals surface area contributed by atoms with Gasteiger partial charge in [0.05, 0.1) is 6.10 Å². The van der Waals surface area contributed by atoms with Gasteiger partial charge in [0.15, 0.2) is 0 Å². The second-order valence-electron chi connectivity index (χ2n) is 6.68. The summed E-state index contributed by atoms with van der Waals surface area (Å²) in [5, 5.41) is 12.9. The summed E-state index contributed by atoms with van der Waals surface area (Å²) in [7, 11) is 1.86. The van der Waals surface area contributed by atoms with Gasteiger partial charge >= 0.3 is 0 Å². The Morgan fingerprint density at radius 1 is 1.21 bits per heavy atom. The van der Waals surface area contributed by atoms with Gasteiger partial charge in [-0.05, 0) is 55.2 Å². The number of aliphatic hydroxyl groups is 1. The van der Waals surface area contributed by atoms with Gasteiger partial charge in [0, 0.05) is 6.54 Å². The lowest BCUT2D eigenvalue weighted by Crippen LogP contribution is -2.20. The summed E-state index contributed by atoms with van der Waals surface area (Å²) in [5.74, 6) is 0.712. The fourth-order valence-corrected chi connectivity index (χ4v) is 3.03. The highest BCUT2D eigenvalue weighted by atomic mass is 16.3. The van der Waals surface area contributed by atoms with E-state index in [0.717, 1.165) is 5.56 Å². The molecular weight excluding hydrogens is 234 g/mol. The van der Waals surface area contributed by atoms with Crippen molar-refractivity contribution in [2.45, 2.75) is 51.6 Å². The van der Waals surface area contributed by atoms with E-state index in [9.17, 15) is 5.11 Å². The molecule has 1 aliphatic rings. The van der Waals surface area contributed by atoms with Crippen molar-refractivity contribution in [1.29, 1.82) is 0 Å². The van der Waals surface area contributed by atoms with Crippen molar-refractivity contribution in [2.24, 2.45) is 5.41 Å². The largest absolute Gasteiger partial charge is 0.387 e. The molecule has 1 aliphatic carbocycles. The molecule has 0 aliphatic heterocycles. The molecule has 0 bridgehead atoms. The highest BCUT2D eigenvalue weighted by Crippen LogP contribution is 2.42. The predicted octanol–water partition coefficient (Wildman–Crippen LogP) is 3.62. The first kappa shape index (κ1) is 14.5. The van der Waals surface area contributed by atoms with Crippen molar-refractivity contribution in [3.05, 3.63) is 35.4 Å². The number of nitrogens with one attached hydrogen (secondary N) is 1. The Kier molecular flexibility index (Phi) is 4.64. The third-order valence-electron chi connectivity index (χ3n) is 4.53. The van der Waals surface area contributed by atoms with Gasteiger partial charge in [0.1, 0.15) is 0 Å². The molecule has 2 N–H and O–H groups in total. The molecule has 2 nitrogen and oxygen atoms in total. The molecule has 0 aromatic heterocycles. The molecule has 2 rings (SSSR count). The van der Waals surface area contributed by atoms with E-state index in [4.69, 9.17) is 0 Å². The smallest absolute Gasteiger partial charge is 0.0914 e. The van der Waals surface area contributed by atoms with Crippen molar-refractivity contribution in [1.82, 2.24) is 5.32 Å². The molecule has 1 aromatic rings. The van der Waals surface area contributed by atoms with Crippen molar-refractivity contribution in [3.8, 4) is 0 Å². The summed E-state index contributed by atoms with van der Waals surface area (Å²) >= 11 is 0. The van der Waals surface area contributed by atoms with Crippen LogP contribution in [0.1, 0.15) is 62.7 Å². The van der Waals surface area contributed by atoms with Gasteiger partial charge in [-0.15, -0.1) is 0 Å². The maximum Gasteiger partial charge on any atom is 0.0914 e. The van der Waals surface area contributed by atoms with Crippen LogP contribution in [0.5, 0.6) is 0 Å². The lowest BCUT2D eigenvalue weighted by molar-refractivity contribution is 0.177. The Morgan fingerprint density at radius 3 is 2.32 bits per heavy atom. The van der Waals surface area contributed by atoms with Gasteiger partial charge in [-0.1, -0.05) is 38.1 Å². The molecule has 0 radical (unpaired) electrons. The summed E-state index contributed by atoms with van der Waals surface area (Å²) in [6.07, 6.45) is 4.84. The third-order valence-corrected chi connectivity index (χ3v) is 4.53. The highest BCUT2D eigenvalue weighted by Gasteiger charge is 2.27. The molecule has 106 valence electrons. The fourth-order valence-electron chi connectivity index (χ4n) is 3.03. The minimum Gasteiger partial charge on any atom is -0.387 e. The van der Waals surface area contributed by atoms with Crippen molar-refractivity contribution in [3.63, 3.8) is 0 Å². The normalized spacial score (nSPS) is 21.3. The van der Waals surface area contributed by atoms with Crippen LogP contribution in [0.3, 0.4) is 0 Å². The first-order valence-electron chi connectivity index (χ1n) is 7.44. The zero-order chi connectivity index (χ0) is 13.9. The van der Waals surface area contributed by atoms with E-state index in [1.807, 2.05) is 7.05 Å². The van der Waals surface area contributed by atoms with E-state index in [0.29, 0.717) is 17.9 Å². The Labute approximate surface area is 117 Å². The van der Waals surface area contributed by atoms with Gasteiger partial charge in [-0.25, -0.2) is 0 Å². The molecule has 0 spiro atoms. The molecule has 1 saturated carbocycles. The lowest BCUT2D eigenvalue weighted by Gasteiger charge is -2.34. The van der Waals surface area contributed by atoms with E-state index in [1.165, 1.54) is 31.2 Å². The molecule has 2 heteroatoms. The maximum atomic E-state index is 9.93. The minimum atomic E-state index is -0.399. The van der Waals surface area contributed by atoms with E-state index in [-0.39, 0.29) is 0 Å². The molecular formula is C17H27NO. The Balaban J connectivity index is 1.99. The first-order valence-corrected chi connectivity index (χ1v) is 7.44. The topological polar surface area (TPSA) is 32.3 Å². The maximum absolute atomic E-state index is 9.93. The van der Waals surface area contributed by atoms with Crippen LogP contribution in [-0.2, 0) is 0 Å². The number of benzene rings is 1. The van der Waals surface area contributed by atoms with Crippen LogP contribution in [0.15, 0.2) is 24.3 Å². The zero-order valence-corrected chi connectivity index (χ0v) is 12.4. The predicted molar refractivity (Wildman–Crippen MR) is 80.3 cm³/mol. The zero-order valence-electron chi connectivity index (χ0n) is 12.4. The number of rotatable bonds is 4. The summed E-state index contributed by atoms with van der Waals surface area (Å²) in [4.78, 5) is 0. The van der Waals surface area contributed by atoms with Crippen LogP contribution in [0.4, 0.5) is 0 Å². The van der Waals surface area contributed by atoms with E-state index in [2.05, 4.69) is 43.4 Å². The molecule has 1 fully saturated rings. The first-order chi connectivity index (χ1) is 9.02. The van der Waals surface area contributed by atoms with E-state index in [1.54, 1.807) is 0 Å². The quantitative estimate of drug-likeness (QED) is 0.867. The van der Waals surface area contributed by atoms with Gasteiger partial charge in [0.25, 0.3) is 0 Å². The minimum absolute atomic E-state index is 0.399. The monoisotopic (exact) mass is 261 g/mol. The van der Waals surface area contributed by atoms with Crippen molar-refractivity contribution in [2.75, 3.05) is 13.6 Å². The summed E-state index contributed by atoms with van der Waals surface area (Å²) < 4.78 is 0. The van der Waals surface area contributed by atoms with Gasteiger partial charge in [-0.2, -0.15) is 0 Å². The molecule has 1 aromatic carbocycles. The van der Waals surface area contributed by atoms with Crippen LogP contribution >= 0.6 is 0 Å². The van der Waals surface area contributed by atoms with Crippen molar-refractivity contribution < 1.29 is 5.11 Å². The molecule has 1 atom stereocenters. The molecule has 19 heavy (non-hydrogen) atoms. The Hall–Kier alpha value is -0.860. The molecule has 0 amide bonds. The number of hydrogen-bond acceptors (Lipinski definition) is 2. The van der Waals surface area contributed by atoms with Crippen LogP contribution < -0.4 is 5.32 Å². The Bertz CT molecular complexity index is 386. The highest BCUT2D eigenvalue weighted by molar-refractivity contribution is 5.27.